The van der Waals surface area contributed by atoms with Gasteiger partial charge in [-0.05, 0) is 50.4 Å². The molecule has 3 heteroatoms. The predicted octanol–water partition coefficient (Wildman–Crippen LogP) is 3.33. The zero-order valence-corrected chi connectivity index (χ0v) is 10.5. The molecular weight excluding hydrogens is 220 g/mol. The molecule has 0 radical (unpaired) electrons. The van der Waals surface area contributed by atoms with Crippen LogP contribution in [0, 0.1) is 13.8 Å². The van der Waals surface area contributed by atoms with Crippen molar-refractivity contribution < 1.29 is 0 Å². The molecule has 2 nitrogen and oxygen atoms in total. The minimum atomic E-state index is 0.718. The molecule has 0 saturated carbocycles. The van der Waals surface area contributed by atoms with Crippen LogP contribution in [0.15, 0.2) is 12.1 Å². The van der Waals surface area contributed by atoms with Crippen LogP contribution in [0.3, 0.4) is 0 Å². The van der Waals surface area contributed by atoms with E-state index < -0.39 is 0 Å². The fraction of sp³-hybridized carbons (Fsp3) is 0.385. The van der Waals surface area contributed by atoms with Gasteiger partial charge in [0.2, 0.25) is 0 Å². The number of aromatic nitrogens is 1. The lowest BCUT2D eigenvalue weighted by molar-refractivity contribution is 0.831. The average Bonchev–Trinajstić information content (AvgIpc) is 2.59. The Balaban J connectivity index is 2.63. The van der Waals surface area contributed by atoms with Crippen LogP contribution in [0.1, 0.15) is 23.2 Å². The van der Waals surface area contributed by atoms with Gasteiger partial charge >= 0.3 is 0 Å². The average molecular weight is 237 g/mol. The van der Waals surface area contributed by atoms with Gasteiger partial charge in [-0.15, -0.1) is 0 Å². The fourth-order valence-corrected chi connectivity index (χ4v) is 2.45. The second-order valence-electron chi connectivity index (χ2n) is 4.24. The van der Waals surface area contributed by atoms with E-state index in [1.165, 1.54) is 22.2 Å². The van der Waals surface area contributed by atoms with E-state index in [4.69, 9.17) is 17.3 Å². The molecule has 16 heavy (non-hydrogen) atoms. The van der Waals surface area contributed by atoms with Crippen molar-refractivity contribution in [3.63, 3.8) is 0 Å². The Bertz CT molecular complexity index is 514. The Morgan fingerprint density at radius 1 is 1.31 bits per heavy atom. The van der Waals surface area contributed by atoms with Crippen LogP contribution in [0.5, 0.6) is 0 Å². The van der Waals surface area contributed by atoms with E-state index in [-0.39, 0.29) is 0 Å². The number of nitrogens with two attached hydrogens (primary N) is 1. The van der Waals surface area contributed by atoms with E-state index in [2.05, 4.69) is 18.8 Å². The first-order valence-electron chi connectivity index (χ1n) is 5.61. The molecule has 0 aliphatic rings. The molecule has 2 rings (SSSR count). The third-order valence-corrected chi connectivity index (χ3v) is 3.38. The molecule has 0 unspecified atom stereocenters. The summed E-state index contributed by atoms with van der Waals surface area (Å²) in [7, 11) is 0. The summed E-state index contributed by atoms with van der Waals surface area (Å²) < 4.78 is 0. The van der Waals surface area contributed by atoms with Crippen molar-refractivity contribution in [2.24, 2.45) is 5.73 Å². The molecule has 0 bridgehead atoms. The zero-order valence-electron chi connectivity index (χ0n) is 9.73. The van der Waals surface area contributed by atoms with Crippen LogP contribution in [0.4, 0.5) is 0 Å². The van der Waals surface area contributed by atoms with Gasteiger partial charge in [0.15, 0.2) is 0 Å². The highest BCUT2D eigenvalue weighted by molar-refractivity contribution is 6.35. The summed E-state index contributed by atoms with van der Waals surface area (Å²) in [5, 5.41) is 2.00. The van der Waals surface area contributed by atoms with Crippen LogP contribution < -0.4 is 5.73 Å². The standard InChI is InChI=1S/C13H17ClN2/c1-8-5-6-11(14)12-10(4-3-7-15)9(2)16-13(8)12/h5-6,16H,3-4,7,15H2,1-2H3. The van der Waals surface area contributed by atoms with Crippen LogP contribution >= 0.6 is 11.6 Å². The highest BCUT2D eigenvalue weighted by Gasteiger charge is 2.12. The van der Waals surface area contributed by atoms with Crippen LogP contribution in [0.25, 0.3) is 10.9 Å². The quantitative estimate of drug-likeness (QED) is 0.844. The topological polar surface area (TPSA) is 41.8 Å². The van der Waals surface area contributed by atoms with Crippen molar-refractivity contribution in [2.75, 3.05) is 6.54 Å². The Morgan fingerprint density at radius 3 is 2.75 bits per heavy atom. The summed E-state index contributed by atoms with van der Waals surface area (Å²) in [4.78, 5) is 3.42. The SMILES string of the molecule is Cc1[nH]c2c(C)ccc(Cl)c2c1CCCN. The molecule has 1 aromatic carbocycles. The van der Waals surface area contributed by atoms with Gasteiger partial charge in [-0.2, -0.15) is 0 Å². The summed E-state index contributed by atoms with van der Waals surface area (Å²) in [6, 6.07) is 4.02. The first kappa shape index (κ1) is 11.5. The van der Waals surface area contributed by atoms with E-state index in [0.717, 1.165) is 29.9 Å². The first-order valence-corrected chi connectivity index (χ1v) is 5.99. The van der Waals surface area contributed by atoms with Gasteiger partial charge < -0.3 is 10.7 Å². The van der Waals surface area contributed by atoms with Crippen molar-refractivity contribution in [3.8, 4) is 0 Å². The van der Waals surface area contributed by atoms with E-state index in [1.54, 1.807) is 0 Å². The smallest absolute Gasteiger partial charge is 0.0503 e. The van der Waals surface area contributed by atoms with Crippen LogP contribution in [-0.4, -0.2) is 11.5 Å². The van der Waals surface area contributed by atoms with Crippen molar-refractivity contribution in [3.05, 3.63) is 34.0 Å². The van der Waals surface area contributed by atoms with Gasteiger partial charge in [-0.25, -0.2) is 0 Å². The number of fused-ring (bicyclic) bond motifs is 1. The summed E-state index contributed by atoms with van der Waals surface area (Å²) in [6.07, 6.45) is 1.99. The highest BCUT2D eigenvalue weighted by Crippen LogP contribution is 2.31. The number of halogens is 1. The number of nitrogens with one attached hydrogen (secondary N) is 1. The fourth-order valence-electron chi connectivity index (χ4n) is 2.18. The maximum Gasteiger partial charge on any atom is 0.0503 e. The van der Waals surface area contributed by atoms with Crippen LogP contribution in [-0.2, 0) is 6.42 Å². The molecular formula is C13H17ClN2. The maximum atomic E-state index is 6.28. The number of aryl methyl sites for hydroxylation is 3. The second-order valence-corrected chi connectivity index (χ2v) is 4.64. The minimum absolute atomic E-state index is 0.718. The zero-order chi connectivity index (χ0) is 11.7. The lowest BCUT2D eigenvalue weighted by atomic mass is 10.0. The van der Waals surface area contributed by atoms with Gasteiger partial charge in [-0.3, -0.25) is 0 Å². The van der Waals surface area contributed by atoms with Crippen LogP contribution in [0.2, 0.25) is 5.02 Å². The molecule has 0 amide bonds. The molecule has 1 heterocycles. The predicted molar refractivity (Wildman–Crippen MR) is 70.2 cm³/mol. The largest absolute Gasteiger partial charge is 0.358 e. The van der Waals surface area contributed by atoms with Crippen molar-refractivity contribution >= 4 is 22.5 Å². The minimum Gasteiger partial charge on any atom is -0.358 e. The number of rotatable bonds is 3. The van der Waals surface area contributed by atoms with Gasteiger partial charge in [0.25, 0.3) is 0 Å². The van der Waals surface area contributed by atoms with Crippen molar-refractivity contribution in [1.82, 2.24) is 4.98 Å². The molecule has 0 spiro atoms. The molecule has 3 N–H and O–H groups in total. The molecule has 0 aliphatic heterocycles. The molecule has 0 aliphatic carbocycles. The number of hydrogen-bond donors (Lipinski definition) is 2. The number of aromatic amines is 1. The lowest BCUT2D eigenvalue weighted by Gasteiger charge is -2.02. The van der Waals surface area contributed by atoms with Gasteiger partial charge in [0, 0.05) is 11.1 Å². The maximum absolute atomic E-state index is 6.28. The Hall–Kier alpha value is -0.990. The number of hydrogen-bond acceptors (Lipinski definition) is 1. The third-order valence-electron chi connectivity index (χ3n) is 3.06. The Labute approximate surface area is 101 Å². The van der Waals surface area contributed by atoms with E-state index >= 15 is 0 Å². The number of benzene rings is 1. The highest BCUT2D eigenvalue weighted by atomic mass is 35.5. The van der Waals surface area contributed by atoms with Crippen molar-refractivity contribution in [2.45, 2.75) is 26.7 Å². The van der Waals surface area contributed by atoms with E-state index in [1.807, 2.05) is 12.1 Å². The molecule has 0 saturated heterocycles. The van der Waals surface area contributed by atoms with Gasteiger partial charge in [0.05, 0.1) is 10.5 Å². The Morgan fingerprint density at radius 2 is 2.06 bits per heavy atom. The first-order chi connectivity index (χ1) is 7.65. The van der Waals surface area contributed by atoms with E-state index in [9.17, 15) is 0 Å². The molecule has 86 valence electrons. The van der Waals surface area contributed by atoms with E-state index in [0.29, 0.717) is 0 Å². The summed E-state index contributed by atoms with van der Waals surface area (Å²) in [5.74, 6) is 0. The normalized spacial score (nSPS) is 11.2. The monoisotopic (exact) mass is 236 g/mol. The van der Waals surface area contributed by atoms with Crippen molar-refractivity contribution in [1.29, 1.82) is 0 Å². The summed E-state index contributed by atoms with van der Waals surface area (Å²) >= 11 is 6.28. The lowest BCUT2D eigenvalue weighted by Crippen LogP contribution is -2.00. The Kier molecular flexibility index (Phi) is 3.22. The molecule has 1 aromatic heterocycles. The summed E-state index contributed by atoms with van der Waals surface area (Å²) in [6.45, 7) is 4.92. The third kappa shape index (κ3) is 1.83. The number of H-pyrrole nitrogens is 1. The summed E-state index contributed by atoms with van der Waals surface area (Å²) in [5.41, 5.74) is 10.5. The van der Waals surface area contributed by atoms with Gasteiger partial charge in [0.1, 0.15) is 0 Å². The molecule has 0 fully saturated rings. The molecule has 0 atom stereocenters. The van der Waals surface area contributed by atoms with Gasteiger partial charge in [-0.1, -0.05) is 17.7 Å². The molecule has 2 aromatic rings. The second kappa shape index (κ2) is 4.48.